The van der Waals surface area contributed by atoms with Crippen LogP contribution in [0.1, 0.15) is 68.4 Å². The first kappa shape index (κ1) is 12.7. The van der Waals surface area contributed by atoms with Crippen molar-refractivity contribution in [3.63, 3.8) is 0 Å². The van der Waals surface area contributed by atoms with Crippen LogP contribution in [0.15, 0.2) is 24.3 Å². The van der Waals surface area contributed by atoms with Crippen LogP contribution >= 0.6 is 0 Å². The van der Waals surface area contributed by atoms with E-state index in [1.807, 2.05) is 6.07 Å². The summed E-state index contributed by atoms with van der Waals surface area (Å²) in [6.45, 7) is 0. The molecule has 0 radical (unpaired) electrons. The maximum atomic E-state index is 11.6. The van der Waals surface area contributed by atoms with Gasteiger partial charge in [0.1, 0.15) is 0 Å². The first-order chi connectivity index (χ1) is 9.24. The average Bonchev–Trinajstić information content (AvgIpc) is 3.24. The molecule has 0 spiro atoms. The van der Waals surface area contributed by atoms with Crippen molar-refractivity contribution in [3.05, 3.63) is 35.4 Å². The minimum absolute atomic E-state index is 0.553. The van der Waals surface area contributed by atoms with Crippen molar-refractivity contribution < 1.29 is 9.90 Å². The Morgan fingerprint density at radius 1 is 1.05 bits per heavy atom. The third-order valence-electron chi connectivity index (χ3n) is 4.93. The Hall–Kier alpha value is -1.31. The quantitative estimate of drug-likeness (QED) is 0.823. The van der Waals surface area contributed by atoms with Crippen LogP contribution in [0.5, 0.6) is 0 Å². The molecule has 1 N–H and O–H groups in total. The van der Waals surface area contributed by atoms with Crippen LogP contribution < -0.4 is 0 Å². The largest absolute Gasteiger partial charge is 0.481 e. The summed E-state index contributed by atoms with van der Waals surface area (Å²) in [7, 11) is 0. The molecular formula is C17H22O2. The second-order valence-electron chi connectivity index (χ2n) is 6.16. The van der Waals surface area contributed by atoms with E-state index in [-0.39, 0.29) is 0 Å². The van der Waals surface area contributed by atoms with Crippen LogP contribution in [0.25, 0.3) is 0 Å². The Labute approximate surface area is 114 Å². The van der Waals surface area contributed by atoms with Gasteiger partial charge >= 0.3 is 5.97 Å². The van der Waals surface area contributed by atoms with Crippen LogP contribution in [0.2, 0.25) is 0 Å². The molecule has 0 bridgehead atoms. The Balaban J connectivity index is 1.95. The zero-order valence-electron chi connectivity index (χ0n) is 11.4. The molecule has 0 aromatic heterocycles. The standard InChI is InChI=1S/C17H22O2/c18-16(19)17(11-12-17)15-10-6-5-9-14(15)13-7-3-1-2-4-8-13/h5-6,9-10,13H,1-4,7-8,11-12H2,(H,18,19). The van der Waals surface area contributed by atoms with Crippen molar-refractivity contribution in [1.29, 1.82) is 0 Å². The predicted molar refractivity (Wildman–Crippen MR) is 75.4 cm³/mol. The van der Waals surface area contributed by atoms with Crippen molar-refractivity contribution >= 4 is 5.97 Å². The second kappa shape index (κ2) is 4.99. The van der Waals surface area contributed by atoms with Crippen molar-refractivity contribution in [2.45, 2.75) is 62.7 Å². The lowest BCUT2D eigenvalue weighted by Crippen LogP contribution is -2.22. The number of aliphatic carboxylic acids is 1. The molecule has 2 nitrogen and oxygen atoms in total. The van der Waals surface area contributed by atoms with Gasteiger partial charge in [-0.25, -0.2) is 0 Å². The molecule has 3 rings (SSSR count). The molecule has 0 heterocycles. The highest BCUT2D eigenvalue weighted by Crippen LogP contribution is 2.51. The number of rotatable bonds is 3. The molecule has 2 heteroatoms. The van der Waals surface area contributed by atoms with Gasteiger partial charge in [0.2, 0.25) is 0 Å². The molecular weight excluding hydrogens is 236 g/mol. The summed E-state index contributed by atoms with van der Waals surface area (Å²) in [4.78, 5) is 11.6. The monoisotopic (exact) mass is 258 g/mol. The molecule has 2 aliphatic rings. The first-order valence-corrected chi connectivity index (χ1v) is 7.57. The normalized spacial score (nSPS) is 22.7. The smallest absolute Gasteiger partial charge is 0.314 e. The number of hydrogen-bond acceptors (Lipinski definition) is 1. The molecule has 0 saturated heterocycles. The zero-order valence-corrected chi connectivity index (χ0v) is 11.4. The lowest BCUT2D eigenvalue weighted by Gasteiger charge is -2.22. The van der Waals surface area contributed by atoms with Crippen molar-refractivity contribution in [1.82, 2.24) is 0 Å². The van der Waals surface area contributed by atoms with E-state index in [0.29, 0.717) is 5.92 Å². The third-order valence-corrected chi connectivity index (χ3v) is 4.93. The maximum absolute atomic E-state index is 11.6. The van der Waals surface area contributed by atoms with Gasteiger partial charge in [0, 0.05) is 0 Å². The number of carboxylic acid groups (broad SMARTS) is 1. The number of hydrogen-bond donors (Lipinski definition) is 1. The molecule has 1 aromatic rings. The molecule has 19 heavy (non-hydrogen) atoms. The van der Waals surface area contributed by atoms with E-state index in [2.05, 4.69) is 18.2 Å². The van der Waals surface area contributed by atoms with E-state index >= 15 is 0 Å². The fourth-order valence-corrected chi connectivity index (χ4v) is 3.60. The van der Waals surface area contributed by atoms with E-state index in [1.54, 1.807) is 0 Å². The number of carbonyl (C=O) groups is 1. The molecule has 0 amide bonds. The molecule has 0 unspecified atom stereocenters. The summed E-state index contributed by atoms with van der Waals surface area (Å²) >= 11 is 0. The second-order valence-corrected chi connectivity index (χ2v) is 6.16. The summed E-state index contributed by atoms with van der Waals surface area (Å²) in [5, 5.41) is 9.54. The Kier molecular flexibility index (Phi) is 3.34. The molecule has 1 aromatic carbocycles. The van der Waals surface area contributed by atoms with Crippen molar-refractivity contribution in [2.75, 3.05) is 0 Å². The highest BCUT2D eigenvalue weighted by atomic mass is 16.4. The molecule has 2 aliphatic carbocycles. The molecule has 102 valence electrons. The minimum atomic E-state index is -0.631. The Morgan fingerprint density at radius 2 is 1.68 bits per heavy atom. The lowest BCUT2D eigenvalue weighted by atomic mass is 9.82. The summed E-state index contributed by atoms with van der Waals surface area (Å²) < 4.78 is 0. The van der Waals surface area contributed by atoms with Gasteiger partial charge < -0.3 is 5.11 Å². The highest BCUT2D eigenvalue weighted by Gasteiger charge is 2.53. The molecule has 2 saturated carbocycles. The average molecular weight is 258 g/mol. The van der Waals surface area contributed by atoms with Crippen molar-refractivity contribution in [3.8, 4) is 0 Å². The predicted octanol–water partition coefficient (Wildman–Crippen LogP) is 4.24. The molecule has 0 atom stereocenters. The Morgan fingerprint density at radius 3 is 2.26 bits per heavy atom. The zero-order chi connectivity index (χ0) is 13.3. The van der Waals surface area contributed by atoms with Crippen LogP contribution in [0.4, 0.5) is 0 Å². The van der Waals surface area contributed by atoms with Gasteiger partial charge in [0.05, 0.1) is 5.41 Å². The van der Waals surface area contributed by atoms with Crippen LogP contribution in [-0.4, -0.2) is 11.1 Å². The fourth-order valence-electron chi connectivity index (χ4n) is 3.60. The van der Waals surface area contributed by atoms with E-state index in [1.165, 1.54) is 44.1 Å². The van der Waals surface area contributed by atoms with Crippen LogP contribution in [-0.2, 0) is 10.2 Å². The third kappa shape index (κ3) is 2.29. The van der Waals surface area contributed by atoms with Gasteiger partial charge in [-0.1, -0.05) is 49.9 Å². The fraction of sp³-hybridized carbons (Fsp3) is 0.588. The van der Waals surface area contributed by atoms with Gasteiger partial charge in [0.25, 0.3) is 0 Å². The minimum Gasteiger partial charge on any atom is -0.481 e. The van der Waals surface area contributed by atoms with Gasteiger partial charge in [-0.3, -0.25) is 4.79 Å². The van der Waals surface area contributed by atoms with Crippen molar-refractivity contribution in [2.24, 2.45) is 0 Å². The number of benzene rings is 1. The van der Waals surface area contributed by atoms with Gasteiger partial charge in [-0.05, 0) is 42.7 Å². The van der Waals surface area contributed by atoms with Crippen LogP contribution in [0, 0.1) is 0 Å². The summed E-state index contributed by atoms with van der Waals surface area (Å²) in [6.07, 6.45) is 9.33. The van der Waals surface area contributed by atoms with Gasteiger partial charge in [0.15, 0.2) is 0 Å². The van der Waals surface area contributed by atoms with Crippen LogP contribution in [0.3, 0.4) is 0 Å². The highest BCUT2D eigenvalue weighted by molar-refractivity contribution is 5.85. The number of carboxylic acids is 1. The van der Waals surface area contributed by atoms with Gasteiger partial charge in [-0.2, -0.15) is 0 Å². The van der Waals surface area contributed by atoms with E-state index in [9.17, 15) is 9.90 Å². The molecule has 0 aliphatic heterocycles. The summed E-state index contributed by atoms with van der Waals surface area (Å²) in [6, 6.07) is 8.30. The Bertz CT molecular complexity index is 466. The van der Waals surface area contributed by atoms with E-state index in [0.717, 1.165) is 18.4 Å². The molecule has 2 fully saturated rings. The van der Waals surface area contributed by atoms with E-state index < -0.39 is 11.4 Å². The summed E-state index contributed by atoms with van der Waals surface area (Å²) in [5.74, 6) is -0.0518. The topological polar surface area (TPSA) is 37.3 Å². The SMILES string of the molecule is O=C(O)C1(c2ccccc2C2CCCCCC2)CC1. The maximum Gasteiger partial charge on any atom is 0.314 e. The lowest BCUT2D eigenvalue weighted by molar-refractivity contribution is -0.140. The van der Waals surface area contributed by atoms with E-state index in [4.69, 9.17) is 0 Å². The first-order valence-electron chi connectivity index (χ1n) is 7.57. The van der Waals surface area contributed by atoms with Gasteiger partial charge in [-0.15, -0.1) is 0 Å². The summed E-state index contributed by atoms with van der Waals surface area (Å²) in [5.41, 5.74) is 1.88.